The van der Waals surface area contributed by atoms with Gasteiger partial charge in [0.25, 0.3) is 5.91 Å². The molecular formula is C24H33N3O3+2. The van der Waals surface area contributed by atoms with E-state index in [4.69, 9.17) is 9.47 Å². The molecule has 2 aromatic carbocycles. The van der Waals surface area contributed by atoms with Gasteiger partial charge in [-0.3, -0.25) is 4.79 Å². The van der Waals surface area contributed by atoms with Gasteiger partial charge in [0.1, 0.15) is 32.7 Å². The Balaban J connectivity index is 1.15. The van der Waals surface area contributed by atoms with Crippen LogP contribution in [0.4, 0.5) is 0 Å². The second kappa shape index (κ2) is 9.96. The minimum Gasteiger partial charge on any atom is -0.454 e. The lowest BCUT2D eigenvalue weighted by atomic mass is 10.1. The van der Waals surface area contributed by atoms with Gasteiger partial charge in [-0.05, 0) is 43.5 Å². The summed E-state index contributed by atoms with van der Waals surface area (Å²) < 4.78 is 10.9. The van der Waals surface area contributed by atoms with E-state index in [0.717, 1.165) is 57.1 Å². The number of piperazine rings is 1. The zero-order valence-electron chi connectivity index (χ0n) is 17.8. The Labute approximate surface area is 178 Å². The highest BCUT2D eigenvalue weighted by atomic mass is 16.7. The number of quaternary nitrogens is 2. The van der Waals surface area contributed by atoms with Crippen molar-refractivity contribution in [3.63, 3.8) is 0 Å². The topological polar surface area (TPSA) is 56.4 Å². The lowest BCUT2D eigenvalue weighted by Crippen LogP contribution is -3.28. The van der Waals surface area contributed by atoms with Crippen molar-refractivity contribution >= 4 is 5.91 Å². The Bertz CT molecular complexity index is 835. The first kappa shape index (κ1) is 20.7. The highest BCUT2D eigenvalue weighted by Crippen LogP contribution is 2.32. The van der Waals surface area contributed by atoms with Gasteiger partial charge in [-0.2, -0.15) is 0 Å². The first-order chi connectivity index (χ1) is 14.7. The second-order valence-electron chi connectivity index (χ2n) is 8.53. The minimum atomic E-state index is 0.171. The number of aryl methyl sites for hydroxylation is 1. The van der Waals surface area contributed by atoms with Crippen molar-refractivity contribution in [2.75, 3.05) is 39.5 Å². The molecule has 1 atom stereocenters. The monoisotopic (exact) mass is 411 g/mol. The third-order valence-electron chi connectivity index (χ3n) is 6.08. The first-order valence-corrected chi connectivity index (χ1v) is 11.0. The van der Waals surface area contributed by atoms with E-state index in [1.807, 2.05) is 12.1 Å². The SMILES string of the molecule is C[C@@H](CCc1ccccc1)NC(=O)C[NH+]1CC[NH+](Cc2ccc3c(c2)OCO3)CC1. The minimum absolute atomic E-state index is 0.171. The Hall–Kier alpha value is -2.57. The maximum Gasteiger partial charge on any atom is 0.275 e. The molecule has 1 fully saturated rings. The maximum atomic E-state index is 12.4. The first-order valence-electron chi connectivity index (χ1n) is 11.0. The molecule has 4 rings (SSSR count). The van der Waals surface area contributed by atoms with E-state index in [1.54, 1.807) is 4.90 Å². The summed E-state index contributed by atoms with van der Waals surface area (Å²) in [4.78, 5) is 15.4. The Morgan fingerprint density at radius 1 is 0.967 bits per heavy atom. The van der Waals surface area contributed by atoms with Crippen LogP contribution < -0.4 is 24.6 Å². The molecule has 0 saturated carbocycles. The number of fused-ring (bicyclic) bond motifs is 1. The van der Waals surface area contributed by atoms with E-state index in [-0.39, 0.29) is 11.9 Å². The van der Waals surface area contributed by atoms with Gasteiger partial charge in [-0.15, -0.1) is 0 Å². The predicted molar refractivity (Wildman–Crippen MR) is 115 cm³/mol. The summed E-state index contributed by atoms with van der Waals surface area (Å²) in [5, 5.41) is 3.18. The van der Waals surface area contributed by atoms with E-state index in [1.165, 1.54) is 16.0 Å². The van der Waals surface area contributed by atoms with Gasteiger partial charge in [0.15, 0.2) is 18.0 Å². The summed E-state index contributed by atoms with van der Waals surface area (Å²) in [7, 11) is 0. The lowest BCUT2D eigenvalue weighted by molar-refractivity contribution is -1.02. The van der Waals surface area contributed by atoms with Crippen LogP contribution >= 0.6 is 0 Å². The molecule has 1 amide bonds. The third-order valence-corrected chi connectivity index (χ3v) is 6.08. The molecule has 6 heteroatoms. The quantitative estimate of drug-likeness (QED) is 0.566. The van der Waals surface area contributed by atoms with Crippen LogP contribution in [0.15, 0.2) is 48.5 Å². The Morgan fingerprint density at radius 2 is 1.70 bits per heavy atom. The standard InChI is InChI=1S/C24H31N3O3/c1-19(7-8-20-5-3-2-4-6-20)25-24(28)17-27-13-11-26(12-14-27)16-21-9-10-22-23(15-21)30-18-29-22/h2-6,9-10,15,19H,7-8,11-14,16-18H2,1H3,(H,25,28)/p+2/t19-/m0/s1. The number of rotatable bonds is 8. The number of hydrogen-bond donors (Lipinski definition) is 3. The van der Waals surface area contributed by atoms with Gasteiger partial charge in [-0.25, -0.2) is 0 Å². The molecular weight excluding hydrogens is 378 g/mol. The fourth-order valence-electron chi connectivity index (χ4n) is 4.30. The number of nitrogens with one attached hydrogen (secondary N) is 3. The number of carbonyl (C=O) groups excluding carboxylic acids is 1. The van der Waals surface area contributed by atoms with Gasteiger partial charge in [0.05, 0.1) is 0 Å². The summed E-state index contributed by atoms with van der Waals surface area (Å²) in [6, 6.07) is 16.9. The van der Waals surface area contributed by atoms with Crippen LogP contribution in [-0.4, -0.2) is 51.5 Å². The fourth-order valence-corrected chi connectivity index (χ4v) is 4.30. The zero-order valence-corrected chi connectivity index (χ0v) is 17.8. The summed E-state index contributed by atoms with van der Waals surface area (Å²) in [5.41, 5.74) is 2.61. The van der Waals surface area contributed by atoms with Crippen molar-refractivity contribution in [1.82, 2.24) is 5.32 Å². The van der Waals surface area contributed by atoms with Crippen LogP contribution in [0.3, 0.4) is 0 Å². The molecule has 6 nitrogen and oxygen atoms in total. The molecule has 160 valence electrons. The van der Waals surface area contributed by atoms with E-state index in [2.05, 4.69) is 48.6 Å². The van der Waals surface area contributed by atoms with Gasteiger partial charge in [0, 0.05) is 11.6 Å². The molecule has 0 spiro atoms. The Kier molecular flexibility index (Phi) is 6.87. The van der Waals surface area contributed by atoms with E-state index in [0.29, 0.717) is 13.3 Å². The van der Waals surface area contributed by atoms with Crippen LogP contribution in [0.2, 0.25) is 0 Å². The maximum absolute atomic E-state index is 12.4. The van der Waals surface area contributed by atoms with Crippen molar-refractivity contribution in [2.45, 2.75) is 32.4 Å². The number of hydrogen-bond acceptors (Lipinski definition) is 3. The predicted octanol–water partition coefficient (Wildman–Crippen LogP) is -0.164. The summed E-state index contributed by atoms with van der Waals surface area (Å²) in [5.74, 6) is 1.87. The smallest absolute Gasteiger partial charge is 0.275 e. The van der Waals surface area contributed by atoms with Crippen molar-refractivity contribution < 1.29 is 24.1 Å². The highest BCUT2D eigenvalue weighted by Gasteiger charge is 2.26. The van der Waals surface area contributed by atoms with Gasteiger partial charge < -0.3 is 24.6 Å². The largest absolute Gasteiger partial charge is 0.454 e. The van der Waals surface area contributed by atoms with Crippen LogP contribution in [0.1, 0.15) is 24.5 Å². The number of amides is 1. The molecule has 0 aliphatic carbocycles. The summed E-state index contributed by atoms with van der Waals surface area (Å²) in [6.07, 6.45) is 1.97. The van der Waals surface area contributed by atoms with Gasteiger partial charge in [0.2, 0.25) is 6.79 Å². The molecule has 1 saturated heterocycles. The van der Waals surface area contributed by atoms with Gasteiger partial charge in [-0.1, -0.05) is 30.3 Å². The average molecular weight is 412 g/mol. The molecule has 30 heavy (non-hydrogen) atoms. The van der Waals surface area contributed by atoms with E-state index < -0.39 is 0 Å². The summed E-state index contributed by atoms with van der Waals surface area (Å²) in [6.45, 7) is 8.22. The molecule has 0 unspecified atom stereocenters. The lowest BCUT2D eigenvalue weighted by Gasteiger charge is -2.29. The number of carbonyl (C=O) groups is 1. The molecule has 2 aliphatic rings. The van der Waals surface area contributed by atoms with Crippen molar-refractivity contribution in [3.05, 3.63) is 59.7 Å². The molecule has 2 aromatic rings. The van der Waals surface area contributed by atoms with Crippen molar-refractivity contribution in [2.24, 2.45) is 0 Å². The molecule has 3 N–H and O–H groups in total. The number of benzene rings is 2. The van der Waals surface area contributed by atoms with Gasteiger partial charge >= 0.3 is 0 Å². The second-order valence-corrected chi connectivity index (χ2v) is 8.53. The highest BCUT2D eigenvalue weighted by molar-refractivity contribution is 5.77. The third kappa shape index (κ3) is 5.74. The number of ether oxygens (including phenoxy) is 2. The average Bonchev–Trinajstić information content (AvgIpc) is 3.22. The van der Waals surface area contributed by atoms with Crippen LogP contribution in [0.5, 0.6) is 11.5 Å². The van der Waals surface area contributed by atoms with Crippen LogP contribution in [0.25, 0.3) is 0 Å². The normalized spacial score (nSPS) is 21.2. The van der Waals surface area contributed by atoms with Crippen molar-refractivity contribution in [1.29, 1.82) is 0 Å². The molecule has 0 radical (unpaired) electrons. The van der Waals surface area contributed by atoms with E-state index in [9.17, 15) is 4.79 Å². The zero-order chi connectivity index (χ0) is 20.8. The molecule has 2 heterocycles. The van der Waals surface area contributed by atoms with Crippen LogP contribution in [0, 0.1) is 0 Å². The van der Waals surface area contributed by atoms with Crippen molar-refractivity contribution in [3.8, 4) is 11.5 Å². The summed E-state index contributed by atoms with van der Waals surface area (Å²) >= 11 is 0. The fraction of sp³-hybridized carbons (Fsp3) is 0.458. The molecule has 2 aliphatic heterocycles. The molecule has 0 bridgehead atoms. The van der Waals surface area contributed by atoms with Crippen LogP contribution in [-0.2, 0) is 17.8 Å². The van der Waals surface area contributed by atoms with E-state index >= 15 is 0 Å². The molecule has 0 aromatic heterocycles. The Morgan fingerprint density at radius 3 is 2.50 bits per heavy atom.